The second-order valence-corrected chi connectivity index (χ2v) is 7.70. The van der Waals surface area contributed by atoms with Crippen LogP contribution in [0.25, 0.3) is 10.2 Å². The highest BCUT2D eigenvalue weighted by Crippen LogP contribution is 2.29. The molecule has 1 saturated heterocycles. The third-order valence-electron chi connectivity index (χ3n) is 4.28. The molecule has 3 rings (SSSR count). The van der Waals surface area contributed by atoms with E-state index in [1.54, 1.807) is 4.90 Å². The van der Waals surface area contributed by atoms with Crippen LogP contribution in [-0.2, 0) is 14.4 Å². The highest BCUT2D eigenvalue weighted by Gasteiger charge is 2.32. The molecule has 138 valence electrons. The zero-order valence-corrected chi connectivity index (χ0v) is 16.0. The molecule has 3 amide bonds. The van der Waals surface area contributed by atoms with Crippen LogP contribution in [0.2, 0.25) is 0 Å². The monoisotopic (exact) mass is 374 g/mol. The van der Waals surface area contributed by atoms with Crippen LogP contribution in [0.4, 0.5) is 5.13 Å². The van der Waals surface area contributed by atoms with Gasteiger partial charge in [0.25, 0.3) is 0 Å². The number of carbonyl (C=O) groups excluding carboxylic acids is 3. The SMILES string of the molecule is Cc1ccc2nc(N(CCN(C)C)C(=O)CN3C(=O)CCC3=O)sc2c1. The second kappa shape index (κ2) is 7.51. The number of anilines is 1. The van der Waals surface area contributed by atoms with Gasteiger partial charge < -0.3 is 4.90 Å². The fourth-order valence-corrected chi connectivity index (χ4v) is 3.89. The number of likely N-dealkylation sites (N-methyl/N-ethyl adjacent to an activating group) is 1. The van der Waals surface area contributed by atoms with E-state index in [4.69, 9.17) is 0 Å². The first-order valence-corrected chi connectivity index (χ1v) is 9.32. The van der Waals surface area contributed by atoms with Gasteiger partial charge in [0.15, 0.2) is 5.13 Å². The predicted molar refractivity (Wildman–Crippen MR) is 101 cm³/mol. The van der Waals surface area contributed by atoms with E-state index < -0.39 is 0 Å². The maximum Gasteiger partial charge on any atom is 0.248 e. The molecule has 8 heteroatoms. The first-order chi connectivity index (χ1) is 12.3. The summed E-state index contributed by atoms with van der Waals surface area (Å²) in [7, 11) is 3.86. The van der Waals surface area contributed by atoms with E-state index in [0.717, 1.165) is 20.7 Å². The van der Waals surface area contributed by atoms with Gasteiger partial charge in [0, 0.05) is 25.9 Å². The number of thiazole rings is 1. The highest BCUT2D eigenvalue weighted by molar-refractivity contribution is 7.22. The zero-order chi connectivity index (χ0) is 18.8. The topological polar surface area (TPSA) is 73.8 Å². The Labute approximate surface area is 156 Å². The molecule has 2 heterocycles. The summed E-state index contributed by atoms with van der Waals surface area (Å²) in [4.78, 5) is 45.7. The molecule has 1 aromatic heterocycles. The van der Waals surface area contributed by atoms with Crippen molar-refractivity contribution >= 4 is 44.4 Å². The molecule has 1 aliphatic heterocycles. The van der Waals surface area contributed by atoms with E-state index in [1.165, 1.54) is 11.3 Å². The van der Waals surface area contributed by atoms with Crippen molar-refractivity contribution in [2.24, 2.45) is 0 Å². The molecular formula is C18H22N4O3S. The summed E-state index contributed by atoms with van der Waals surface area (Å²) in [6.07, 6.45) is 0.369. The van der Waals surface area contributed by atoms with Crippen LogP contribution < -0.4 is 4.90 Å². The first kappa shape index (κ1) is 18.5. The fraction of sp³-hybridized carbons (Fsp3) is 0.444. The fourth-order valence-electron chi connectivity index (χ4n) is 2.78. The quantitative estimate of drug-likeness (QED) is 0.719. The smallest absolute Gasteiger partial charge is 0.248 e. The van der Waals surface area contributed by atoms with Gasteiger partial charge in [0.2, 0.25) is 17.7 Å². The summed E-state index contributed by atoms with van der Waals surface area (Å²) in [6, 6.07) is 5.96. The zero-order valence-electron chi connectivity index (χ0n) is 15.2. The van der Waals surface area contributed by atoms with E-state index in [1.807, 2.05) is 44.1 Å². The van der Waals surface area contributed by atoms with Crippen molar-refractivity contribution in [2.45, 2.75) is 19.8 Å². The standard InChI is InChI=1S/C18H22N4O3S/c1-12-4-5-13-14(10-12)26-18(19-13)21(9-8-20(2)3)17(25)11-22-15(23)6-7-16(22)24/h4-5,10H,6-9,11H2,1-3H3. The van der Waals surface area contributed by atoms with Crippen LogP contribution in [0.1, 0.15) is 18.4 Å². The number of aromatic nitrogens is 1. The number of benzene rings is 1. The van der Waals surface area contributed by atoms with Crippen LogP contribution in [0.3, 0.4) is 0 Å². The minimum absolute atomic E-state index is 0.185. The summed E-state index contributed by atoms with van der Waals surface area (Å²) in [5, 5.41) is 0.594. The van der Waals surface area contributed by atoms with Crippen molar-refractivity contribution in [2.75, 3.05) is 38.6 Å². The normalized spacial score (nSPS) is 14.7. The van der Waals surface area contributed by atoms with Crippen LogP contribution in [0, 0.1) is 6.92 Å². The lowest BCUT2D eigenvalue weighted by atomic mass is 10.2. The molecule has 1 aliphatic rings. The lowest BCUT2D eigenvalue weighted by Gasteiger charge is -2.24. The molecule has 26 heavy (non-hydrogen) atoms. The van der Waals surface area contributed by atoms with Crippen molar-refractivity contribution in [1.82, 2.24) is 14.8 Å². The van der Waals surface area contributed by atoms with Gasteiger partial charge >= 0.3 is 0 Å². The van der Waals surface area contributed by atoms with Crippen molar-refractivity contribution < 1.29 is 14.4 Å². The lowest BCUT2D eigenvalue weighted by Crippen LogP contribution is -2.44. The Morgan fingerprint density at radius 3 is 2.54 bits per heavy atom. The average Bonchev–Trinajstić information content (AvgIpc) is 3.12. The number of likely N-dealkylation sites (tertiary alicyclic amines) is 1. The molecule has 0 unspecified atom stereocenters. The van der Waals surface area contributed by atoms with Gasteiger partial charge in [-0.2, -0.15) is 0 Å². The minimum Gasteiger partial charge on any atom is -0.308 e. The van der Waals surface area contributed by atoms with Crippen molar-refractivity contribution in [3.8, 4) is 0 Å². The van der Waals surface area contributed by atoms with Crippen molar-refractivity contribution in [3.05, 3.63) is 23.8 Å². The second-order valence-electron chi connectivity index (χ2n) is 6.69. The Hall–Kier alpha value is -2.32. The van der Waals surface area contributed by atoms with Crippen molar-refractivity contribution in [1.29, 1.82) is 0 Å². The highest BCUT2D eigenvalue weighted by atomic mass is 32.1. The Balaban J connectivity index is 1.86. The van der Waals surface area contributed by atoms with Crippen molar-refractivity contribution in [3.63, 3.8) is 0 Å². The summed E-state index contributed by atoms with van der Waals surface area (Å²) in [6.45, 7) is 2.89. The van der Waals surface area contributed by atoms with Crippen LogP contribution in [-0.4, -0.2) is 66.2 Å². The number of fused-ring (bicyclic) bond motifs is 1. The van der Waals surface area contributed by atoms with E-state index in [9.17, 15) is 14.4 Å². The van der Waals surface area contributed by atoms with E-state index in [2.05, 4.69) is 4.98 Å². The number of hydrogen-bond acceptors (Lipinski definition) is 6. The first-order valence-electron chi connectivity index (χ1n) is 8.50. The van der Waals surface area contributed by atoms with E-state index in [-0.39, 0.29) is 37.1 Å². The maximum atomic E-state index is 12.9. The Bertz CT molecular complexity index is 845. The molecule has 7 nitrogen and oxygen atoms in total. The number of nitrogens with zero attached hydrogens (tertiary/aromatic N) is 4. The van der Waals surface area contributed by atoms with Gasteiger partial charge in [-0.15, -0.1) is 0 Å². The Morgan fingerprint density at radius 2 is 1.88 bits per heavy atom. The molecule has 0 atom stereocenters. The number of amides is 3. The molecule has 2 aromatic rings. The summed E-state index contributed by atoms with van der Waals surface area (Å²) < 4.78 is 1.01. The number of carbonyl (C=O) groups is 3. The molecule has 0 saturated carbocycles. The molecular weight excluding hydrogens is 352 g/mol. The Kier molecular flexibility index (Phi) is 5.33. The molecule has 1 aromatic carbocycles. The molecule has 0 aliphatic carbocycles. The molecule has 0 radical (unpaired) electrons. The van der Waals surface area contributed by atoms with E-state index >= 15 is 0 Å². The van der Waals surface area contributed by atoms with Gasteiger partial charge in [-0.05, 0) is 38.7 Å². The van der Waals surface area contributed by atoms with Gasteiger partial charge in [-0.3, -0.25) is 24.2 Å². The Morgan fingerprint density at radius 1 is 1.19 bits per heavy atom. The van der Waals surface area contributed by atoms with E-state index in [0.29, 0.717) is 18.2 Å². The summed E-state index contributed by atoms with van der Waals surface area (Å²) in [5.41, 5.74) is 1.97. The summed E-state index contributed by atoms with van der Waals surface area (Å²) >= 11 is 1.45. The predicted octanol–water partition coefficient (Wildman–Crippen LogP) is 1.65. The molecule has 0 bridgehead atoms. The summed E-state index contributed by atoms with van der Waals surface area (Å²) in [5.74, 6) is -0.849. The maximum absolute atomic E-state index is 12.9. The average molecular weight is 374 g/mol. The molecule has 0 N–H and O–H groups in total. The van der Waals surface area contributed by atoms with Gasteiger partial charge in [0.05, 0.1) is 10.2 Å². The van der Waals surface area contributed by atoms with Gasteiger partial charge in [-0.25, -0.2) is 4.98 Å². The third kappa shape index (κ3) is 3.91. The lowest BCUT2D eigenvalue weighted by molar-refractivity contribution is -0.141. The van der Waals surface area contributed by atoms with Crippen LogP contribution >= 0.6 is 11.3 Å². The molecule has 0 spiro atoms. The minimum atomic E-state index is -0.286. The number of rotatable bonds is 6. The van der Waals surface area contributed by atoms with Crippen LogP contribution in [0.15, 0.2) is 18.2 Å². The van der Waals surface area contributed by atoms with Gasteiger partial charge in [0.1, 0.15) is 6.54 Å². The molecule has 1 fully saturated rings. The number of aryl methyl sites for hydroxylation is 1. The third-order valence-corrected chi connectivity index (χ3v) is 5.32. The van der Waals surface area contributed by atoms with Crippen LogP contribution in [0.5, 0.6) is 0 Å². The van der Waals surface area contributed by atoms with Gasteiger partial charge in [-0.1, -0.05) is 17.4 Å². The number of imide groups is 1. The number of hydrogen-bond donors (Lipinski definition) is 0. The largest absolute Gasteiger partial charge is 0.308 e.